The molecule has 3 aromatic rings. The molecule has 1 fully saturated rings. The van der Waals surface area contributed by atoms with Crippen molar-refractivity contribution in [1.29, 1.82) is 0 Å². The van der Waals surface area contributed by atoms with Crippen LogP contribution >= 0.6 is 0 Å². The topological polar surface area (TPSA) is 88.5 Å². The Hall–Kier alpha value is -2.97. The number of sulfonamides is 1. The molecule has 0 unspecified atom stereocenters. The highest BCUT2D eigenvalue weighted by atomic mass is 32.2. The van der Waals surface area contributed by atoms with Crippen LogP contribution in [0.15, 0.2) is 58.2 Å². The van der Waals surface area contributed by atoms with Gasteiger partial charge in [-0.25, -0.2) is 8.42 Å². The number of rotatable bonds is 6. The monoisotopic (exact) mass is 467 g/mol. The SMILES string of the molecule is Cc1cc(=O)n(CCC(=O)Nc2ccc(S(=O)(=O)N3CCCCC3)cc2)c2c(C)cccc12. The predicted molar refractivity (Wildman–Crippen MR) is 130 cm³/mol. The maximum atomic E-state index is 12.8. The summed E-state index contributed by atoms with van der Waals surface area (Å²) in [6.07, 6.45) is 2.94. The second-order valence-corrected chi connectivity index (χ2v) is 10.5. The van der Waals surface area contributed by atoms with Crippen molar-refractivity contribution in [2.75, 3.05) is 18.4 Å². The van der Waals surface area contributed by atoms with Crippen LogP contribution in [0, 0.1) is 13.8 Å². The summed E-state index contributed by atoms with van der Waals surface area (Å²) >= 11 is 0. The van der Waals surface area contributed by atoms with Crippen LogP contribution in [0.25, 0.3) is 10.9 Å². The summed E-state index contributed by atoms with van der Waals surface area (Å²) in [5.74, 6) is -0.240. The van der Waals surface area contributed by atoms with Gasteiger partial charge in [0.2, 0.25) is 15.9 Å². The molecule has 1 saturated heterocycles. The van der Waals surface area contributed by atoms with E-state index in [-0.39, 0.29) is 29.3 Å². The first kappa shape index (κ1) is 23.2. The lowest BCUT2D eigenvalue weighted by atomic mass is 10.1. The lowest BCUT2D eigenvalue weighted by molar-refractivity contribution is -0.116. The second kappa shape index (κ2) is 9.49. The summed E-state index contributed by atoms with van der Waals surface area (Å²) < 4.78 is 28.7. The predicted octanol–water partition coefficient (Wildman–Crippen LogP) is 3.82. The normalized spacial score (nSPS) is 15.0. The highest BCUT2D eigenvalue weighted by Crippen LogP contribution is 2.23. The first-order chi connectivity index (χ1) is 15.8. The first-order valence-electron chi connectivity index (χ1n) is 11.3. The van der Waals surface area contributed by atoms with E-state index in [2.05, 4.69) is 5.32 Å². The molecule has 2 aromatic carbocycles. The van der Waals surface area contributed by atoms with Crippen molar-refractivity contribution in [1.82, 2.24) is 8.87 Å². The third kappa shape index (κ3) is 4.86. The number of nitrogens with zero attached hydrogens (tertiary/aromatic N) is 2. The molecule has 1 aliphatic rings. The fraction of sp³-hybridized carbons (Fsp3) is 0.360. The van der Waals surface area contributed by atoms with E-state index in [9.17, 15) is 18.0 Å². The Morgan fingerprint density at radius 1 is 0.970 bits per heavy atom. The Balaban J connectivity index is 1.45. The average Bonchev–Trinajstić information content (AvgIpc) is 2.80. The number of hydrogen-bond acceptors (Lipinski definition) is 4. The molecule has 0 spiro atoms. The molecular formula is C25H29N3O4S. The van der Waals surface area contributed by atoms with E-state index in [0.29, 0.717) is 18.8 Å². The molecule has 2 heterocycles. The summed E-state index contributed by atoms with van der Waals surface area (Å²) in [5, 5.41) is 3.80. The highest BCUT2D eigenvalue weighted by Gasteiger charge is 2.25. The Morgan fingerprint density at radius 2 is 1.67 bits per heavy atom. The smallest absolute Gasteiger partial charge is 0.251 e. The van der Waals surface area contributed by atoms with E-state index in [1.807, 2.05) is 32.0 Å². The van der Waals surface area contributed by atoms with Crippen molar-refractivity contribution in [3.63, 3.8) is 0 Å². The zero-order chi connectivity index (χ0) is 23.6. The molecule has 0 radical (unpaired) electrons. The number of carbonyl (C=O) groups is 1. The lowest BCUT2D eigenvalue weighted by Crippen LogP contribution is -2.35. The first-order valence-corrected chi connectivity index (χ1v) is 12.7. The van der Waals surface area contributed by atoms with Gasteiger partial charge in [0, 0.05) is 43.2 Å². The fourth-order valence-corrected chi connectivity index (χ4v) is 5.93. The van der Waals surface area contributed by atoms with E-state index in [4.69, 9.17) is 0 Å². The number of amides is 1. The quantitative estimate of drug-likeness (QED) is 0.597. The van der Waals surface area contributed by atoms with Crippen molar-refractivity contribution in [2.24, 2.45) is 0 Å². The van der Waals surface area contributed by atoms with E-state index >= 15 is 0 Å². The van der Waals surface area contributed by atoms with Crippen molar-refractivity contribution >= 4 is 32.5 Å². The molecule has 33 heavy (non-hydrogen) atoms. The number of benzene rings is 2. The molecule has 8 heteroatoms. The number of para-hydroxylation sites is 1. The van der Waals surface area contributed by atoms with Gasteiger partial charge in [0.1, 0.15) is 0 Å². The third-order valence-corrected chi connectivity index (χ3v) is 8.10. The molecule has 174 valence electrons. The summed E-state index contributed by atoms with van der Waals surface area (Å²) in [6, 6.07) is 13.8. The number of nitrogens with one attached hydrogen (secondary N) is 1. The maximum Gasteiger partial charge on any atom is 0.251 e. The van der Waals surface area contributed by atoms with Crippen LogP contribution in [0.3, 0.4) is 0 Å². The van der Waals surface area contributed by atoms with Crippen LogP contribution in [0.5, 0.6) is 0 Å². The number of aromatic nitrogens is 1. The van der Waals surface area contributed by atoms with Crippen molar-refractivity contribution in [2.45, 2.75) is 51.0 Å². The standard InChI is InChI=1S/C25H29N3O4S/c1-18-7-6-8-22-19(2)17-24(30)28(25(18)22)16-13-23(29)26-20-9-11-21(12-10-20)33(31,32)27-14-4-3-5-15-27/h6-12,17H,3-5,13-16H2,1-2H3,(H,26,29). The molecule has 0 aliphatic carbocycles. The Labute approximate surface area is 194 Å². The third-order valence-electron chi connectivity index (χ3n) is 6.19. The number of hydrogen-bond donors (Lipinski definition) is 1. The molecular weight excluding hydrogens is 438 g/mol. The maximum absolute atomic E-state index is 12.8. The number of carbonyl (C=O) groups excluding carboxylic acids is 1. The van der Waals surface area contributed by atoms with Gasteiger partial charge < -0.3 is 9.88 Å². The molecule has 1 amide bonds. The van der Waals surface area contributed by atoms with Gasteiger partial charge >= 0.3 is 0 Å². The molecule has 4 rings (SSSR count). The molecule has 0 atom stereocenters. The zero-order valence-electron chi connectivity index (χ0n) is 19.0. The number of fused-ring (bicyclic) bond motifs is 1. The zero-order valence-corrected chi connectivity index (χ0v) is 19.8. The lowest BCUT2D eigenvalue weighted by Gasteiger charge is -2.25. The van der Waals surface area contributed by atoms with Crippen LogP contribution < -0.4 is 10.9 Å². The van der Waals surface area contributed by atoms with Gasteiger partial charge in [0.05, 0.1) is 10.4 Å². The van der Waals surface area contributed by atoms with Crippen molar-refractivity contribution in [3.8, 4) is 0 Å². The Morgan fingerprint density at radius 3 is 2.36 bits per heavy atom. The van der Waals surface area contributed by atoms with Crippen LogP contribution in [-0.4, -0.2) is 36.3 Å². The van der Waals surface area contributed by atoms with E-state index < -0.39 is 10.0 Å². The number of aryl methyl sites for hydroxylation is 3. The molecule has 1 aliphatic heterocycles. The highest BCUT2D eigenvalue weighted by molar-refractivity contribution is 7.89. The number of piperidine rings is 1. The van der Waals surface area contributed by atoms with E-state index in [1.165, 1.54) is 16.4 Å². The van der Waals surface area contributed by atoms with Gasteiger partial charge in [-0.05, 0) is 62.1 Å². The van der Waals surface area contributed by atoms with Gasteiger partial charge in [-0.15, -0.1) is 0 Å². The second-order valence-electron chi connectivity index (χ2n) is 8.58. The summed E-state index contributed by atoms with van der Waals surface area (Å²) in [7, 11) is -3.50. The molecule has 0 bridgehead atoms. The van der Waals surface area contributed by atoms with Gasteiger partial charge in [0.15, 0.2) is 0 Å². The molecule has 1 N–H and O–H groups in total. The van der Waals surface area contributed by atoms with Gasteiger partial charge in [0.25, 0.3) is 5.56 Å². The van der Waals surface area contributed by atoms with Gasteiger partial charge in [-0.3, -0.25) is 9.59 Å². The Bertz CT molecular complexity index is 1340. The summed E-state index contributed by atoms with van der Waals surface area (Å²) in [6.45, 7) is 5.22. The number of pyridine rings is 1. The van der Waals surface area contributed by atoms with Crippen molar-refractivity contribution < 1.29 is 13.2 Å². The minimum atomic E-state index is -3.50. The summed E-state index contributed by atoms with van der Waals surface area (Å²) in [4.78, 5) is 25.4. The van der Waals surface area contributed by atoms with Crippen LogP contribution in [0.2, 0.25) is 0 Å². The summed E-state index contributed by atoms with van der Waals surface area (Å²) in [5.41, 5.74) is 3.14. The average molecular weight is 468 g/mol. The van der Waals surface area contributed by atoms with Crippen LogP contribution in [0.1, 0.15) is 36.8 Å². The Kier molecular flexibility index (Phi) is 6.67. The van der Waals surface area contributed by atoms with Crippen LogP contribution in [0.4, 0.5) is 5.69 Å². The minimum Gasteiger partial charge on any atom is -0.326 e. The van der Waals surface area contributed by atoms with Gasteiger partial charge in [-0.2, -0.15) is 4.31 Å². The van der Waals surface area contributed by atoms with E-state index in [1.54, 1.807) is 22.8 Å². The van der Waals surface area contributed by atoms with Crippen LogP contribution in [-0.2, 0) is 21.4 Å². The molecule has 7 nitrogen and oxygen atoms in total. The fourth-order valence-electron chi connectivity index (χ4n) is 4.41. The van der Waals surface area contributed by atoms with E-state index in [0.717, 1.165) is 41.3 Å². The molecule has 1 aromatic heterocycles. The van der Waals surface area contributed by atoms with Crippen molar-refractivity contribution in [3.05, 3.63) is 70.0 Å². The minimum absolute atomic E-state index is 0.125. The van der Waals surface area contributed by atoms with Gasteiger partial charge in [-0.1, -0.05) is 24.6 Å². The molecule has 0 saturated carbocycles. The largest absolute Gasteiger partial charge is 0.326 e. The number of anilines is 1.